The molecule has 1 aromatic carbocycles. The summed E-state index contributed by atoms with van der Waals surface area (Å²) < 4.78 is 51.7. The van der Waals surface area contributed by atoms with Crippen molar-refractivity contribution in [2.45, 2.75) is 45.1 Å². The zero-order chi connectivity index (χ0) is 17.2. The number of aryl methyl sites for hydroxylation is 1. The van der Waals surface area contributed by atoms with Crippen molar-refractivity contribution in [3.8, 4) is 0 Å². The maximum atomic E-state index is 13.3. The lowest BCUT2D eigenvalue weighted by atomic mass is 9.78. The molecule has 1 saturated heterocycles. The van der Waals surface area contributed by atoms with E-state index in [-0.39, 0.29) is 16.5 Å². The van der Waals surface area contributed by atoms with Gasteiger partial charge in [-0.05, 0) is 45.3 Å². The quantitative estimate of drug-likeness (QED) is 0.754. The molecule has 2 heterocycles. The standard InChI is InChI=1S/C14H17BF3N3O2/c1-12(2)13(3,4)23-15(22-12)8-6-9(14(16,17)18)11-10(7-8)19-21(5)20-11/h6-7H,1-5H3. The minimum atomic E-state index is -4.53. The molecule has 3 rings (SSSR count). The van der Waals surface area contributed by atoms with Gasteiger partial charge in [-0.15, -0.1) is 0 Å². The smallest absolute Gasteiger partial charge is 0.399 e. The van der Waals surface area contributed by atoms with Gasteiger partial charge in [-0.2, -0.15) is 28.2 Å². The van der Waals surface area contributed by atoms with E-state index >= 15 is 0 Å². The van der Waals surface area contributed by atoms with E-state index in [1.165, 1.54) is 13.1 Å². The Morgan fingerprint density at radius 3 is 2.13 bits per heavy atom. The average Bonchev–Trinajstić information content (AvgIpc) is 2.83. The van der Waals surface area contributed by atoms with E-state index in [4.69, 9.17) is 9.31 Å². The molecule has 0 saturated carbocycles. The van der Waals surface area contributed by atoms with E-state index in [9.17, 15) is 13.2 Å². The highest BCUT2D eigenvalue weighted by Crippen LogP contribution is 2.38. The number of fused-ring (bicyclic) bond motifs is 1. The van der Waals surface area contributed by atoms with Gasteiger partial charge in [0.05, 0.1) is 16.8 Å². The predicted octanol–water partition coefficient (Wildman–Crippen LogP) is 2.29. The van der Waals surface area contributed by atoms with Crippen LogP contribution in [-0.2, 0) is 22.5 Å². The van der Waals surface area contributed by atoms with Crippen molar-refractivity contribution in [1.82, 2.24) is 15.0 Å². The van der Waals surface area contributed by atoms with Gasteiger partial charge >= 0.3 is 13.3 Å². The van der Waals surface area contributed by atoms with Gasteiger partial charge in [-0.3, -0.25) is 0 Å². The van der Waals surface area contributed by atoms with E-state index in [0.29, 0.717) is 0 Å². The summed E-state index contributed by atoms with van der Waals surface area (Å²) in [6, 6.07) is 2.55. The number of nitrogens with zero attached hydrogens (tertiary/aromatic N) is 3. The van der Waals surface area contributed by atoms with Crippen molar-refractivity contribution in [3.63, 3.8) is 0 Å². The fourth-order valence-corrected chi connectivity index (χ4v) is 2.48. The normalized spacial score (nSPS) is 20.4. The van der Waals surface area contributed by atoms with Crippen molar-refractivity contribution in [3.05, 3.63) is 17.7 Å². The van der Waals surface area contributed by atoms with Crippen molar-refractivity contribution in [2.75, 3.05) is 0 Å². The Morgan fingerprint density at radius 2 is 1.61 bits per heavy atom. The van der Waals surface area contributed by atoms with Crippen LogP contribution in [0.15, 0.2) is 12.1 Å². The van der Waals surface area contributed by atoms with E-state index in [2.05, 4.69) is 10.2 Å². The lowest BCUT2D eigenvalue weighted by Crippen LogP contribution is -2.41. The van der Waals surface area contributed by atoms with Gasteiger partial charge in [0.2, 0.25) is 0 Å². The first kappa shape index (κ1) is 16.3. The highest BCUT2D eigenvalue weighted by molar-refractivity contribution is 6.62. The minimum absolute atomic E-state index is 0.159. The number of aromatic nitrogens is 3. The molecule has 0 spiro atoms. The van der Waals surface area contributed by atoms with Gasteiger partial charge in [0.1, 0.15) is 11.0 Å². The highest BCUT2D eigenvalue weighted by atomic mass is 19.4. The highest BCUT2D eigenvalue weighted by Gasteiger charge is 2.52. The molecular formula is C14H17BF3N3O2. The molecule has 1 aliphatic rings. The van der Waals surface area contributed by atoms with Crippen LogP contribution in [0.1, 0.15) is 33.3 Å². The second-order valence-corrected chi connectivity index (χ2v) is 6.71. The van der Waals surface area contributed by atoms with Gasteiger partial charge < -0.3 is 9.31 Å². The number of hydrogen-bond donors (Lipinski definition) is 0. The van der Waals surface area contributed by atoms with E-state index < -0.39 is 30.1 Å². The summed E-state index contributed by atoms with van der Waals surface area (Å²) in [5.74, 6) is 0. The molecular weight excluding hydrogens is 310 g/mol. The van der Waals surface area contributed by atoms with Crippen LogP contribution in [-0.4, -0.2) is 33.3 Å². The Labute approximate surface area is 131 Å². The molecule has 23 heavy (non-hydrogen) atoms. The van der Waals surface area contributed by atoms with Gasteiger partial charge in [0, 0.05) is 7.05 Å². The largest absolute Gasteiger partial charge is 0.494 e. The molecule has 0 atom stereocenters. The molecule has 124 valence electrons. The summed E-state index contributed by atoms with van der Waals surface area (Å²) in [7, 11) is 0.599. The summed E-state index contributed by atoms with van der Waals surface area (Å²) in [4.78, 5) is 1.12. The maximum absolute atomic E-state index is 13.3. The van der Waals surface area contributed by atoms with Crippen LogP contribution in [0.25, 0.3) is 11.0 Å². The average molecular weight is 327 g/mol. The molecule has 1 aliphatic heterocycles. The summed E-state index contributed by atoms with van der Waals surface area (Å²) in [6.07, 6.45) is -4.53. The Morgan fingerprint density at radius 1 is 1.04 bits per heavy atom. The fourth-order valence-electron chi connectivity index (χ4n) is 2.48. The molecule has 5 nitrogen and oxygen atoms in total. The molecule has 1 fully saturated rings. The number of rotatable bonds is 1. The molecule has 0 N–H and O–H groups in total. The fraction of sp³-hybridized carbons (Fsp3) is 0.571. The van der Waals surface area contributed by atoms with Gasteiger partial charge in [0.25, 0.3) is 0 Å². The van der Waals surface area contributed by atoms with Crippen LogP contribution in [0.5, 0.6) is 0 Å². The third-order valence-electron chi connectivity index (χ3n) is 4.44. The van der Waals surface area contributed by atoms with Gasteiger partial charge in [-0.1, -0.05) is 0 Å². The molecule has 0 bridgehead atoms. The van der Waals surface area contributed by atoms with Crippen molar-refractivity contribution in [1.29, 1.82) is 0 Å². The van der Waals surface area contributed by atoms with Crippen LogP contribution >= 0.6 is 0 Å². The van der Waals surface area contributed by atoms with E-state index in [1.807, 2.05) is 27.7 Å². The summed E-state index contributed by atoms with van der Waals surface area (Å²) in [5, 5.41) is 7.79. The predicted molar refractivity (Wildman–Crippen MR) is 79.2 cm³/mol. The maximum Gasteiger partial charge on any atom is 0.494 e. The topological polar surface area (TPSA) is 49.2 Å². The van der Waals surface area contributed by atoms with Crippen molar-refractivity contribution >= 4 is 23.6 Å². The van der Waals surface area contributed by atoms with Crippen molar-refractivity contribution in [2.24, 2.45) is 7.05 Å². The van der Waals surface area contributed by atoms with E-state index in [0.717, 1.165) is 10.9 Å². The zero-order valence-corrected chi connectivity index (χ0v) is 13.5. The van der Waals surface area contributed by atoms with Gasteiger partial charge in [0.15, 0.2) is 0 Å². The molecule has 0 amide bonds. The summed E-state index contributed by atoms with van der Waals surface area (Å²) in [5.41, 5.74) is -1.84. The third kappa shape index (κ3) is 2.61. The first-order valence-corrected chi connectivity index (χ1v) is 7.18. The van der Waals surface area contributed by atoms with E-state index in [1.54, 1.807) is 0 Å². The lowest BCUT2D eigenvalue weighted by molar-refractivity contribution is -0.136. The van der Waals surface area contributed by atoms with Crippen LogP contribution in [0.4, 0.5) is 13.2 Å². The molecule has 9 heteroatoms. The number of alkyl halides is 3. The first-order valence-electron chi connectivity index (χ1n) is 7.18. The van der Waals surface area contributed by atoms with Crippen molar-refractivity contribution < 1.29 is 22.5 Å². The minimum Gasteiger partial charge on any atom is -0.399 e. The monoisotopic (exact) mass is 327 g/mol. The Kier molecular flexibility index (Phi) is 3.32. The van der Waals surface area contributed by atoms with Crippen LogP contribution in [0, 0.1) is 0 Å². The zero-order valence-electron chi connectivity index (χ0n) is 13.5. The number of halogens is 3. The summed E-state index contributed by atoms with van der Waals surface area (Å²) >= 11 is 0. The SMILES string of the molecule is Cn1nc2cc(B3OC(C)(C)C(C)(C)O3)cc(C(F)(F)F)c2n1. The van der Waals surface area contributed by atoms with Crippen LogP contribution < -0.4 is 5.46 Å². The molecule has 0 unspecified atom stereocenters. The summed E-state index contributed by atoms with van der Waals surface area (Å²) in [6.45, 7) is 7.38. The van der Waals surface area contributed by atoms with Gasteiger partial charge in [-0.25, -0.2) is 0 Å². The molecule has 0 radical (unpaired) electrons. The van der Waals surface area contributed by atoms with Crippen LogP contribution in [0.3, 0.4) is 0 Å². The molecule has 0 aliphatic carbocycles. The second-order valence-electron chi connectivity index (χ2n) is 6.71. The molecule has 1 aromatic heterocycles. The Balaban J connectivity index is 2.13. The first-order chi connectivity index (χ1) is 10.4. The van der Waals surface area contributed by atoms with Crippen LogP contribution in [0.2, 0.25) is 0 Å². The Bertz CT molecular complexity index is 754. The third-order valence-corrected chi connectivity index (χ3v) is 4.44. The number of benzene rings is 1. The second kappa shape index (κ2) is 4.70. The number of hydrogen-bond acceptors (Lipinski definition) is 4. The lowest BCUT2D eigenvalue weighted by Gasteiger charge is -2.32. The Hall–Kier alpha value is -1.61. The molecule has 2 aromatic rings.